The number of nitrogens with one attached hydrogen (secondary N) is 2. The summed E-state index contributed by atoms with van der Waals surface area (Å²) in [7, 11) is 0. The second kappa shape index (κ2) is 5.79. The van der Waals surface area contributed by atoms with Crippen molar-refractivity contribution in [2.24, 2.45) is 0 Å². The molecule has 0 amide bonds. The molecule has 0 radical (unpaired) electrons. The van der Waals surface area contributed by atoms with E-state index in [2.05, 4.69) is 57.3 Å². The Balaban J connectivity index is 2.27. The van der Waals surface area contributed by atoms with E-state index in [1.807, 2.05) is 37.3 Å². The Morgan fingerprint density at radius 1 is 1.10 bits per heavy atom. The molecule has 1 heterocycles. The van der Waals surface area contributed by atoms with E-state index in [4.69, 9.17) is 0 Å². The maximum atomic E-state index is 4.50. The number of hydrogen-bond acceptors (Lipinski definition) is 4. The molecule has 106 valence electrons. The van der Waals surface area contributed by atoms with Crippen molar-refractivity contribution in [2.45, 2.75) is 33.2 Å². The maximum absolute atomic E-state index is 4.50. The Kier molecular flexibility index (Phi) is 4.28. The fraction of sp³-hybridized carbons (Fsp3) is 0.333. The van der Waals surface area contributed by atoms with Crippen LogP contribution < -0.4 is 10.6 Å². The molecule has 1 aromatic heterocycles. The molecule has 0 saturated carbocycles. The highest BCUT2D eigenvalue weighted by Gasteiger charge is 2.12. The smallest absolute Gasteiger partial charge is 0.229 e. The molecule has 0 fully saturated rings. The van der Waals surface area contributed by atoms with Crippen molar-refractivity contribution < 1.29 is 0 Å². The highest BCUT2D eigenvalue weighted by molar-refractivity contribution is 9.10. The summed E-state index contributed by atoms with van der Waals surface area (Å²) < 4.78 is 0.982. The number of halogens is 1. The minimum Gasteiger partial charge on any atom is -0.365 e. The van der Waals surface area contributed by atoms with Gasteiger partial charge in [-0.1, -0.05) is 12.1 Å². The third-order valence-electron chi connectivity index (χ3n) is 2.48. The second-order valence-corrected chi connectivity index (χ2v) is 6.55. The predicted molar refractivity (Wildman–Crippen MR) is 87.6 cm³/mol. The highest BCUT2D eigenvalue weighted by atomic mass is 79.9. The van der Waals surface area contributed by atoms with Crippen LogP contribution in [0.2, 0.25) is 0 Å². The molecule has 5 heteroatoms. The van der Waals surface area contributed by atoms with Gasteiger partial charge in [0.05, 0.1) is 5.69 Å². The molecule has 0 unspecified atom stereocenters. The van der Waals surface area contributed by atoms with Crippen LogP contribution in [0.5, 0.6) is 0 Å². The van der Waals surface area contributed by atoms with Crippen LogP contribution in [0.25, 0.3) is 0 Å². The van der Waals surface area contributed by atoms with Crippen molar-refractivity contribution in [3.8, 4) is 0 Å². The predicted octanol–water partition coefficient (Wildman–Crippen LogP) is 4.50. The molecule has 2 N–H and O–H groups in total. The van der Waals surface area contributed by atoms with E-state index >= 15 is 0 Å². The van der Waals surface area contributed by atoms with E-state index in [1.54, 1.807) is 0 Å². The van der Waals surface area contributed by atoms with Crippen molar-refractivity contribution in [3.63, 3.8) is 0 Å². The van der Waals surface area contributed by atoms with E-state index in [-0.39, 0.29) is 5.54 Å². The van der Waals surface area contributed by atoms with Gasteiger partial charge in [-0.25, -0.2) is 4.98 Å². The zero-order chi connectivity index (χ0) is 14.8. The van der Waals surface area contributed by atoms with Gasteiger partial charge in [-0.05, 0) is 55.8 Å². The number of nitrogens with zero attached hydrogens (tertiary/aromatic N) is 2. The van der Waals surface area contributed by atoms with Crippen molar-refractivity contribution >= 4 is 33.4 Å². The Morgan fingerprint density at radius 3 is 2.45 bits per heavy atom. The third-order valence-corrected chi connectivity index (χ3v) is 3.17. The summed E-state index contributed by atoms with van der Waals surface area (Å²) in [5.74, 6) is 1.41. The minimum absolute atomic E-state index is 0.0363. The molecule has 0 saturated heterocycles. The highest BCUT2D eigenvalue weighted by Crippen LogP contribution is 2.24. The van der Waals surface area contributed by atoms with Crippen LogP contribution in [-0.2, 0) is 0 Å². The molecule has 0 aliphatic carbocycles. The molecule has 0 atom stereocenters. The Labute approximate surface area is 128 Å². The van der Waals surface area contributed by atoms with E-state index in [9.17, 15) is 0 Å². The standard InChI is InChI=1S/C15H19BrN4/c1-10-9-13(20-15(2,3)4)19-14(17-10)18-12-8-6-5-7-11(12)16/h5-9H,1-4H3,(H2,17,18,19,20). The Morgan fingerprint density at radius 2 is 1.80 bits per heavy atom. The summed E-state index contributed by atoms with van der Waals surface area (Å²) in [6.45, 7) is 8.27. The Bertz CT molecular complexity index is 605. The van der Waals surface area contributed by atoms with Gasteiger partial charge in [-0.2, -0.15) is 4.98 Å². The van der Waals surface area contributed by atoms with Crippen molar-refractivity contribution in [1.29, 1.82) is 0 Å². The molecule has 4 nitrogen and oxygen atoms in total. The van der Waals surface area contributed by atoms with Gasteiger partial charge in [0.1, 0.15) is 5.82 Å². The average Bonchev–Trinajstić information content (AvgIpc) is 2.29. The fourth-order valence-electron chi connectivity index (χ4n) is 1.76. The zero-order valence-corrected chi connectivity index (χ0v) is 13.7. The summed E-state index contributed by atoms with van der Waals surface area (Å²) in [6, 6.07) is 9.84. The minimum atomic E-state index is -0.0363. The van der Waals surface area contributed by atoms with E-state index in [1.165, 1.54) is 0 Å². The fourth-order valence-corrected chi connectivity index (χ4v) is 2.14. The number of benzene rings is 1. The van der Waals surface area contributed by atoms with E-state index in [0.717, 1.165) is 21.7 Å². The lowest BCUT2D eigenvalue weighted by atomic mass is 10.1. The molecule has 0 aliphatic rings. The summed E-state index contributed by atoms with van der Waals surface area (Å²) in [5, 5.41) is 6.59. The van der Waals surface area contributed by atoms with Gasteiger partial charge in [0.25, 0.3) is 0 Å². The van der Waals surface area contributed by atoms with Crippen LogP contribution in [0.1, 0.15) is 26.5 Å². The summed E-state index contributed by atoms with van der Waals surface area (Å²) in [5.41, 5.74) is 1.83. The summed E-state index contributed by atoms with van der Waals surface area (Å²) >= 11 is 3.51. The molecular weight excluding hydrogens is 316 g/mol. The van der Waals surface area contributed by atoms with Gasteiger partial charge in [0.2, 0.25) is 5.95 Å². The normalized spacial score (nSPS) is 11.2. The zero-order valence-electron chi connectivity index (χ0n) is 12.2. The van der Waals surface area contributed by atoms with Gasteiger partial charge < -0.3 is 10.6 Å². The van der Waals surface area contributed by atoms with Crippen molar-refractivity contribution in [1.82, 2.24) is 9.97 Å². The third kappa shape index (κ3) is 4.20. The summed E-state index contributed by atoms with van der Waals surface area (Å²) in [4.78, 5) is 8.92. The van der Waals surface area contributed by atoms with Crippen LogP contribution in [0.15, 0.2) is 34.8 Å². The van der Waals surface area contributed by atoms with Crippen LogP contribution in [0, 0.1) is 6.92 Å². The topological polar surface area (TPSA) is 49.8 Å². The maximum Gasteiger partial charge on any atom is 0.229 e. The van der Waals surface area contributed by atoms with Gasteiger partial charge in [-0.3, -0.25) is 0 Å². The van der Waals surface area contributed by atoms with Gasteiger partial charge in [0, 0.05) is 21.8 Å². The van der Waals surface area contributed by atoms with Crippen LogP contribution in [0.4, 0.5) is 17.5 Å². The first-order valence-electron chi connectivity index (χ1n) is 6.49. The van der Waals surface area contributed by atoms with E-state index in [0.29, 0.717) is 5.95 Å². The monoisotopic (exact) mass is 334 g/mol. The first kappa shape index (κ1) is 14.8. The van der Waals surface area contributed by atoms with Gasteiger partial charge in [0.15, 0.2) is 0 Å². The first-order chi connectivity index (χ1) is 9.33. The van der Waals surface area contributed by atoms with Crippen molar-refractivity contribution in [2.75, 3.05) is 10.6 Å². The number of aromatic nitrogens is 2. The molecule has 1 aromatic carbocycles. The molecule has 0 spiro atoms. The van der Waals surface area contributed by atoms with E-state index < -0.39 is 0 Å². The first-order valence-corrected chi connectivity index (χ1v) is 7.28. The van der Waals surface area contributed by atoms with Crippen LogP contribution >= 0.6 is 15.9 Å². The molecule has 2 rings (SSSR count). The lowest BCUT2D eigenvalue weighted by molar-refractivity contribution is 0.630. The molecule has 2 aromatic rings. The van der Waals surface area contributed by atoms with Crippen molar-refractivity contribution in [3.05, 3.63) is 40.5 Å². The van der Waals surface area contributed by atoms with Gasteiger partial charge >= 0.3 is 0 Å². The van der Waals surface area contributed by atoms with Gasteiger partial charge in [-0.15, -0.1) is 0 Å². The molecule has 0 aliphatic heterocycles. The molecule has 0 bridgehead atoms. The van der Waals surface area contributed by atoms with Crippen LogP contribution in [-0.4, -0.2) is 15.5 Å². The number of aryl methyl sites for hydroxylation is 1. The lowest BCUT2D eigenvalue weighted by Gasteiger charge is -2.21. The SMILES string of the molecule is Cc1cc(NC(C)(C)C)nc(Nc2ccccc2Br)n1. The number of anilines is 3. The molecular formula is C15H19BrN4. The van der Waals surface area contributed by atoms with Crippen LogP contribution in [0.3, 0.4) is 0 Å². The summed E-state index contributed by atoms with van der Waals surface area (Å²) in [6.07, 6.45) is 0. The average molecular weight is 335 g/mol. The second-order valence-electron chi connectivity index (χ2n) is 5.70. The number of rotatable bonds is 3. The quantitative estimate of drug-likeness (QED) is 0.867. The number of para-hydroxylation sites is 1. The number of hydrogen-bond donors (Lipinski definition) is 2. The lowest BCUT2D eigenvalue weighted by Crippen LogP contribution is -2.27. The largest absolute Gasteiger partial charge is 0.365 e. The molecule has 20 heavy (non-hydrogen) atoms. The Hall–Kier alpha value is -1.62.